The molecule has 3 rings (SSSR count). The van der Waals surface area contributed by atoms with Gasteiger partial charge in [0.1, 0.15) is 5.75 Å². The maximum atomic E-state index is 10.6. The minimum Gasteiger partial charge on any atom is -0.482 e. The molecule has 0 aliphatic carbocycles. The molecule has 0 heterocycles. The summed E-state index contributed by atoms with van der Waals surface area (Å²) < 4.78 is 5.24. The Kier molecular flexibility index (Phi) is 7.85. The quantitative estimate of drug-likeness (QED) is 0.421. The number of hydrogen-bond acceptors (Lipinski definition) is 4. The standard InChI is InChI=1S/C24H24ClNO4/c25-21-5-1-4-20(13-21)23(27)15-26-12-11-17-7-9-18(10-8-17)19-3-2-6-22(14-19)30-16-24(28)29/h1-10,13-14,23,26-27H,11-12,15-16H2,(H,28,29)/t23-/m0/s1. The lowest BCUT2D eigenvalue weighted by molar-refractivity contribution is -0.139. The van der Waals surface area contributed by atoms with Crippen LogP contribution in [0.1, 0.15) is 17.2 Å². The molecular formula is C24H24ClNO4. The van der Waals surface area contributed by atoms with Crippen molar-refractivity contribution in [3.05, 3.63) is 88.9 Å². The Morgan fingerprint density at radius 2 is 1.77 bits per heavy atom. The van der Waals surface area contributed by atoms with Crippen molar-refractivity contribution >= 4 is 17.6 Å². The van der Waals surface area contributed by atoms with Crippen molar-refractivity contribution in [2.75, 3.05) is 19.7 Å². The monoisotopic (exact) mass is 425 g/mol. The van der Waals surface area contributed by atoms with Crippen molar-refractivity contribution < 1.29 is 19.7 Å². The molecule has 0 radical (unpaired) electrons. The van der Waals surface area contributed by atoms with Gasteiger partial charge in [0.2, 0.25) is 0 Å². The van der Waals surface area contributed by atoms with Gasteiger partial charge in [-0.15, -0.1) is 0 Å². The molecule has 3 aromatic carbocycles. The van der Waals surface area contributed by atoms with Crippen LogP contribution in [0.25, 0.3) is 11.1 Å². The summed E-state index contributed by atoms with van der Waals surface area (Å²) in [6.45, 7) is 0.846. The Hall–Kier alpha value is -2.86. The van der Waals surface area contributed by atoms with E-state index in [1.54, 1.807) is 18.2 Å². The van der Waals surface area contributed by atoms with Gasteiger partial charge in [-0.25, -0.2) is 4.79 Å². The number of carbonyl (C=O) groups is 1. The summed E-state index contributed by atoms with van der Waals surface area (Å²) in [6.07, 6.45) is 0.242. The van der Waals surface area contributed by atoms with Crippen LogP contribution in [0.2, 0.25) is 5.02 Å². The van der Waals surface area contributed by atoms with E-state index < -0.39 is 12.1 Å². The number of aliphatic hydroxyl groups is 1. The zero-order valence-electron chi connectivity index (χ0n) is 16.4. The van der Waals surface area contributed by atoms with E-state index in [0.717, 1.165) is 29.7 Å². The van der Waals surface area contributed by atoms with Gasteiger partial charge in [-0.2, -0.15) is 0 Å². The molecule has 6 heteroatoms. The normalized spacial score (nSPS) is 11.8. The number of hydrogen-bond donors (Lipinski definition) is 3. The number of aliphatic carboxylic acids is 1. The van der Waals surface area contributed by atoms with Crippen LogP contribution in [0.4, 0.5) is 0 Å². The first-order valence-electron chi connectivity index (χ1n) is 9.69. The summed E-state index contributed by atoms with van der Waals surface area (Å²) in [5, 5.41) is 22.8. The first-order valence-corrected chi connectivity index (χ1v) is 10.1. The Labute approximate surface area is 180 Å². The van der Waals surface area contributed by atoms with E-state index in [1.165, 1.54) is 5.56 Å². The molecule has 5 nitrogen and oxygen atoms in total. The van der Waals surface area contributed by atoms with Gasteiger partial charge in [-0.05, 0) is 59.5 Å². The van der Waals surface area contributed by atoms with Crippen LogP contribution in [0.3, 0.4) is 0 Å². The van der Waals surface area contributed by atoms with Gasteiger partial charge in [0.25, 0.3) is 0 Å². The second kappa shape index (κ2) is 10.8. The third-order valence-electron chi connectivity index (χ3n) is 4.65. The largest absolute Gasteiger partial charge is 0.482 e. The smallest absolute Gasteiger partial charge is 0.341 e. The summed E-state index contributed by atoms with van der Waals surface area (Å²) in [6, 6.07) is 22.8. The van der Waals surface area contributed by atoms with E-state index in [2.05, 4.69) is 17.4 Å². The topological polar surface area (TPSA) is 78.8 Å². The summed E-state index contributed by atoms with van der Waals surface area (Å²) in [7, 11) is 0. The van der Waals surface area contributed by atoms with Crippen molar-refractivity contribution in [3.8, 4) is 16.9 Å². The molecule has 0 aliphatic rings. The zero-order valence-corrected chi connectivity index (χ0v) is 17.2. The number of carboxylic acids is 1. The van der Waals surface area contributed by atoms with E-state index in [4.69, 9.17) is 21.4 Å². The van der Waals surface area contributed by atoms with Crippen LogP contribution in [0.5, 0.6) is 5.75 Å². The van der Waals surface area contributed by atoms with Crippen molar-refractivity contribution in [3.63, 3.8) is 0 Å². The minimum absolute atomic E-state index is 0.360. The lowest BCUT2D eigenvalue weighted by atomic mass is 10.0. The molecular weight excluding hydrogens is 402 g/mol. The third-order valence-corrected chi connectivity index (χ3v) is 4.88. The Morgan fingerprint density at radius 1 is 1.00 bits per heavy atom. The summed E-state index contributed by atoms with van der Waals surface area (Å²) >= 11 is 5.96. The molecule has 0 aliphatic heterocycles. The number of ether oxygens (including phenoxy) is 1. The number of nitrogens with one attached hydrogen (secondary N) is 1. The number of benzene rings is 3. The summed E-state index contributed by atoms with van der Waals surface area (Å²) in [4.78, 5) is 10.6. The molecule has 3 aromatic rings. The SMILES string of the molecule is O=C(O)COc1cccc(-c2ccc(CCNC[C@H](O)c3cccc(Cl)c3)cc2)c1. The second-order valence-electron chi connectivity index (χ2n) is 6.93. The highest BCUT2D eigenvalue weighted by Crippen LogP contribution is 2.24. The molecule has 0 amide bonds. The number of carboxylic acid groups (broad SMARTS) is 1. The highest BCUT2D eigenvalue weighted by Gasteiger charge is 2.07. The van der Waals surface area contributed by atoms with Gasteiger partial charge in [0, 0.05) is 11.6 Å². The van der Waals surface area contributed by atoms with E-state index in [9.17, 15) is 9.90 Å². The maximum Gasteiger partial charge on any atom is 0.341 e. The van der Waals surface area contributed by atoms with E-state index in [1.807, 2.05) is 42.5 Å². The Bertz CT molecular complexity index is 975. The van der Waals surface area contributed by atoms with Gasteiger partial charge >= 0.3 is 5.97 Å². The van der Waals surface area contributed by atoms with Crippen LogP contribution in [0, 0.1) is 0 Å². The molecule has 0 aromatic heterocycles. The van der Waals surface area contributed by atoms with Gasteiger partial charge in [-0.3, -0.25) is 0 Å². The second-order valence-corrected chi connectivity index (χ2v) is 7.37. The first-order chi connectivity index (χ1) is 14.5. The summed E-state index contributed by atoms with van der Waals surface area (Å²) in [5.74, 6) is -0.472. The highest BCUT2D eigenvalue weighted by molar-refractivity contribution is 6.30. The predicted octanol–water partition coefficient (Wildman–Crippen LogP) is 4.34. The molecule has 0 saturated heterocycles. The van der Waals surface area contributed by atoms with E-state index in [0.29, 0.717) is 17.3 Å². The molecule has 0 bridgehead atoms. The van der Waals surface area contributed by atoms with Crippen molar-refractivity contribution in [1.29, 1.82) is 0 Å². The molecule has 156 valence electrons. The van der Waals surface area contributed by atoms with Crippen LogP contribution in [-0.2, 0) is 11.2 Å². The third kappa shape index (κ3) is 6.59. The van der Waals surface area contributed by atoms with Crippen LogP contribution < -0.4 is 10.1 Å². The van der Waals surface area contributed by atoms with Crippen molar-refractivity contribution in [2.45, 2.75) is 12.5 Å². The Morgan fingerprint density at radius 3 is 2.50 bits per heavy atom. The average molecular weight is 426 g/mol. The lowest BCUT2D eigenvalue weighted by Gasteiger charge is -2.13. The summed E-state index contributed by atoms with van der Waals surface area (Å²) in [5.41, 5.74) is 3.98. The molecule has 1 atom stereocenters. The lowest BCUT2D eigenvalue weighted by Crippen LogP contribution is -2.23. The Balaban J connectivity index is 1.49. The van der Waals surface area contributed by atoms with Gasteiger partial charge in [0.15, 0.2) is 6.61 Å². The van der Waals surface area contributed by atoms with E-state index in [-0.39, 0.29) is 6.61 Å². The number of rotatable bonds is 10. The zero-order chi connectivity index (χ0) is 21.3. The van der Waals surface area contributed by atoms with Crippen LogP contribution >= 0.6 is 11.6 Å². The highest BCUT2D eigenvalue weighted by atomic mass is 35.5. The van der Waals surface area contributed by atoms with Gasteiger partial charge in [0.05, 0.1) is 6.10 Å². The fourth-order valence-corrected chi connectivity index (χ4v) is 3.28. The minimum atomic E-state index is -1.00. The molecule has 0 unspecified atom stereocenters. The average Bonchev–Trinajstić information content (AvgIpc) is 2.76. The maximum absolute atomic E-state index is 10.6. The predicted molar refractivity (Wildman–Crippen MR) is 118 cm³/mol. The first kappa shape index (κ1) is 21.8. The molecule has 0 spiro atoms. The van der Waals surface area contributed by atoms with Crippen LogP contribution in [-0.4, -0.2) is 35.9 Å². The molecule has 0 fully saturated rings. The fraction of sp³-hybridized carbons (Fsp3) is 0.208. The van der Waals surface area contributed by atoms with Crippen molar-refractivity contribution in [2.24, 2.45) is 0 Å². The molecule has 30 heavy (non-hydrogen) atoms. The fourth-order valence-electron chi connectivity index (χ4n) is 3.08. The van der Waals surface area contributed by atoms with E-state index >= 15 is 0 Å². The van der Waals surface area contributed by atoms with Crippen LogP contribution in [0.15, 0.2) is 72.8 Å². The number of aliphatic hydroxyl groups excluding tert-OH is 1. The van der Waals surface area contributed by atoms with Gasteiger partial charge < -0.3 is 20.3 Å². The molecule has 3 N–H and O–H groups in total. The number of halogens is 1. The van der Waals surface area contributed by atoms with Gasteiger partial charge in [-0.1, -0.05) is 60.1 Å². The van der Waals surface area contributed by atoms with Crippen molar-refractivity contribution in [1.82, 2.24) is 5.32 Å². The molecule has 0 saturated carbocycles.